The fourth-order valence-electron chi connectivity index (χ4n) is 7.60. The van der Waals surface area contributed by atoms with Crippen LogP contribution < -0.4 is 5.43 Å². The van der Waals surface area contributed by atoms with Gasteiger partial charge < -0.3 is 14.5 Å². The molecule has 5 fully saturated rings. The molecule has 7 nitrogen and oxygen atoms in total. The summed E-state index contributed by atoms with van der Waals surface area (Å²) in [6.07, 6.45) is 8.65. The number of nitrogens with one attached hydrogen (secondary N) is 1. The molecule has 5 aliphatic rings. The molecule has 8 atom stereocenters. The molecule has 7 unspecified atom stereocenters. The SMILES string of the molecule is CC(=O)N1C2CCC(C3CCC4CN(C)NC4C3)CC2N(C(=O)C2CCCO2)C[C@@H]1C. The molecule has 1 N–H and O–H groups in total. The fraction of sp³-hybridized carbons (Fsp3) is 0.917. The second kappa shape index (κ2) is 8.64. The molecule has 2 amide bonds. The van der Waals surface area contributed by atoms with Gasteiger partial charge >= 0.3 is 0 Å². The molecule has 0 spiro atoms. The lowest BCUT2D eigenvalue weighted by Crippen LogP contribution is -2.68. The first-order valence-electron chi connectivity index (χ1n) is 12.6. The zero-order valence-electron chi connectivity index (χ0n) is 19.5. The predicted molar refractivity (Wildman–Crippen MR) is 118 cm³/mol. The highest BCUT2D eigenvalue weighted by Crippen LogP contribution is 2.45. The third-order valence-electron chi connectivity index (χ3n) is 8.96. The zero-order valence-corrected chi connectivity index (χ0v) is 19.5. The highest BCUT2D eigenvalue weighted by molar-refractivity contribution is 5.82. The van der Waals surface area contributed by atoms with E-state index >= 15 is 0 Å². The van der Waals surface area contributed by atoms with Crippen molar-refractivity contribution in [2.75, 3.05) is 26.7 Å². The largest absolute Gasteiger partial charge is 0.368 e. The van der Waals surface area contributed by atoms with Gasteiger partial charge in [0.15, 0.2) is 0 Å². The Balaban J connectivity index is 1.33. The van der Waals surface area contributed by atoms with Crippen LogP contribution in [-0.2, 0) is 14.3 Å². The first kappa shape index (κ1) is 21.7. The van der Waals surface area contributed by atoms with Crippen molar-refractivity contribution >= 4 is 11.8 Å². The third kappa shape index (κ3) is 4.02. The number of hydrogen-bond donors (Lipinski definition) is 1. The molecule has 0 aromatic heterocycles. The van der Waals surface area contributed by atoms with E-state index in [-0.39, 0.29) is 36.0 Å². The Kier molecular flexibility index (Phi) is 6.03. The maximum atomic E-state index is 13.4. The minimum absolute atomic E-state index is 0.0781. The van der Waals surface area contributed by atoms with Crippen molar-refractivity contribution in [3.8, 4) is 0 Å². The fourth-order valence-corrected chi connectivity index (χ4v) is 7.60. The second-order valence-electron chi connectivity index (χ2n) is 10.9. The summed E-state index contributed by atoms with van der Waals surface area (Å²) in [6, 6.07) is 1.00. The Morgan fingerprint density at radius 2 is 1.68 bits per heavy atom. The summed E-state index contributed by atoms with van der Waals surface area (Å²) < 4.78 is 5.77. The highest BCUT2D eigenvalue weighted by atomic mass is 16.5. The Morgan fingerprint density at radius 3 is 2.42 bits per heavy atom. The number of ether oxygens (including phenoxy) is 1. The maximum absolute atomic E-state index is 13.4. The van der Waals surface area contributed by atoms with Crippen molar-refractivity contribution in [3.63, 3.8) is 0 Å². The molecule has 174 valence electrons. The lowest BCUT2D eigenvalue weighted by atomic mass is 9.67. The van der Waals surface area contributed by atoms with Crippen molar-refractivity contribution in [3.05, 3.63) is 0 Å². The normalized spacial score (nSPS) is 43.6. The van der Waals surface area contributed by atoms with E-state index in [4.69, 9.17) is 4.74 Å². The molecule has 0 aromatic rings. The van der Waals surface area contributed by atoms with Crippen LogP contribution in [0.4, 0.5) is 0 Å². The van der Waals surface area contributed by atoms with Crippen LogP contribution in [0.1, 0.15) is 65.2 Å². The van der Waals surface area contributed by atoms with Gasteiger partial charge in [0.1, 0.15) is 6.10 Å². The number of carbonyl (C=O) groups excluding carboxylic acids is 2. The predicted octanol–water partition coefficient (Wildman–Crippen LogP) is 2.02. The van der Waals surface area contributed by atoms with Gasteiger partial charge in [-0.25, -0.2) is 5.01 Å². The van der Waals surface area contributed by atoms with E-state index in [1.165, 1.54) is 32.2 Å². The number of amides is 2. The van der Waals surface area contributed by atoms with Gasteiger partial charge in [-0.3, -0.25) is 15.0 Å². The summed E-state index contributed by atoms with van der Waals surface area (Å²) in [6.45, 7) is 6.31. The van der Waals surface area contributed by atoms with E-state index < -0.39 is 0 Å². The van der Waals surface area contributed by atoms with Gasteiger partial charge in [-0.1, -0.05) is 0 Å². The van der Waals surface area contributed by atoms with Crippen LogP contribution in [-0.4, -0.2) is 83.6 Å². The molecule has 2 aliphatic carbocycles. The second-order valence-corrected chi connectivity index (χ2v) is 10.9. The Labute approximate surface area is 186 Å². The molecule has 5 rings (SSSR count). The van der Waals surface area contributed by atoms with E-state index in [2.05, 4.69) is 34.2 Å². The molecule has 3 saturated heterocycles. The average molecular weight is 433 g/mol. The van der Waals surface area contributed by atoms with E-state index in [1.807, 2.05) is 0 Å². The van der Waals surface area contributed by atoms with Crippen molar-refractivity contribution in [2.45, 2.75) is 95.5 Å². The van der Waals surface area contributed by atoms with Crippen LogP contribution >= 0.6 is 0 Å². The Bertz CT molecular complexity index is 696. The van der Waals surface area contributed by atoms with Crippen molar-refractivity contribution in [1.82, 2.24) is 20.2 Å². The molecule has 0 radical (unpaired) electrons. The molecule has 0 aromatic carbocycles. The molecule has 2 saturated carbocycles. The topological polar surface area (TPSA) is 65.1 Å². The van der Waals surface area contributed by atoms with Crippen molar-refractivity contribution < 1.29 is 14.3 Å². The van der Waals surface area contributed by atoms with Gasteiger partial charge in [-0.2, -0.15) is 0 Å². The van der Waals surface area contributed by atoms with Crippen molar-refractivity contribution in [1.29, 1.82) is 0 Å². The lowest BCUT2D eigenvalue weighted by Gasteiger charge is -2.55. The lowest BCUT2D eigenvalue weighted by molar-refractivity contribution is -0.160. The van der Waals surface area contributed by atoms with E-state index in [0.29, 0.717) is 25.1 Å². The number of fused-ring (bicyclic) bond motifs is 2. The molecular weight excluding hydrogens is 392 g/mol. The van der Waals surface area contributed by atoms with Gasteiger partial charge in [0, 0.05) is 45.8 Å². The zero-order chi connectivity index (χ0) is 21.7. The highest BCUT2D eigenvalue weighted by Gasteiger charge is 2.49. The molecule has 31 heavy (non-hydrogen) atoms. The van der Waals surface area contributed by atoms with Gasteiger partial charge in [0.05, 0.1) is 12.1 Å². The van der Waals surface area contributed by atoms with Crippen molar-refractivity contribution in [2.24, 2.45) is 17.8 Å². The summed E-state index contributed by atoms with van der Waals surface area (Å²) in [5, 5.41) is 2.27. The minimum Gasteiger partial charge on any atom is -0.368 e. The van der Waals surface area contributed by atoms with Crippen LogP contribution in [0.15, 0.2) is 0 Å². The Morgan fingerprint density at radius 1 is 0.935 bits per heavy atom. The first-order valence-corrected chi connectivity index (χ1v) is 12.6. The van der Waals surface area contributed by atoms with Crippen LogP contribution in [0.5, 0.6) is 0 Å². The number of nitrogens with zero attached hydrogens (tertiary/aromatic N) is 3. The van der Waals surface area contributed by atoms with Gasteiger partial charge in [-0.05, 0) is 76.0 Å². The first-order chi connectivity index (χ1) is 14.9. The molecule has 7 heteroatoms. The molecular formula is C24H40N4O3. The summed E-state index contributed by atoms with van der Waals surface area (Å²) in [4.78, 5) is 30.2. The monoisotopic (exact) mass is 432 g/mol. The van der Waals surface area contributed by atoms with Gasteiger partial charge in [-0.15, -0.1) is 0 Å². The standard InChI is InChI=1S/C24H40N4O3/c1-15-13-27(24(30)23-5-4-10-31-23)22-12-18(8-9-21(22)28(15)16(2)29)17-6-7-19-14-26(3)25-20(19)11-17/h15,17-23,25H,4-14H2,1-3H3/t15-,17?,18?,19?,20?,21?,22?,23?/m0/s1. The number of carbonyl (C=O) groups is 2. The van der Waals surface area contributed by atoms with E-state index in [9.17, 15) is 9.59 Å². The van der Waals surface area contributed by atoms with Crippen LogP contribution in [0.2, 0.25) is 0 Å². The van der Waals surface area contributed by atoms with E-state index in [1.54, 1.807) is 6.92 Å². The smallest absolute Gasteiger partial charge is 0.252 e. The van der Waals surface area contributed by atoms with Gasteiger partial charge in [0.2, 0.25) is 5.91 Å². The summed E-state index contributed by atoms with van der Waals surface area (Å²) in [7, 11) is 2.16. The summed E-state index contributed by atoms with van der Waals surface area (Å²) in [5.74, 6) is 2.50. The van der Waals surface area contributed by atoms with Crippen LogP contribution in [0.3, 0.4) is 0 Å². The summed E-state index contributed by atoms with van der Waals surface area (Å²) in [5.41, 5.74) is 3.67. The minimum atomic E-state index is -0.272. The molecule has 3 aliphatic heterocycles. The molecule has 0 bridgehead atoms. The number of piperazine rings is 1. The number of hydrogen-bond acceptors (Lipinski definition) is 5. The maximum Gasteiger partial charge on any atom is 0.252 e. The number of hydrazine groups is 1. The quantitative estimate of drug-likeness (QED) is 0.723. The average Bonchev–Trinajstić information content (AvgIpc) is 3.40. The van der Waals surface area contributed by atoms with Gasteiger partial charge in [0.25, 0.3) is 5.91 Å². The summed E-state index contributed by atoms with van der Waals surface area (Å²) >= 11 is 0. The third-order valence-corrected chi connectivity index (χ3v) is 8.96. The van der Waals surface area contributed by atoms with E-state index in [0.717, 1.165) is 37.5 Å². The Hall–Kier alpha value is -1.18. The van der Waals surface area contributed by atoms with Crippen LogP contribution in [0.25, 0.3) is 0 Å². The van der Waals surface area contributed by atoms with Crippen LogP contribution in [0, 0.1) is 17.8 Å². The molecule has 3 heterocycles. The number of rotatable bonds is 2.